The molecule has 0 radical (unpaired) electrons. The number of carbonyl (C=O) groups is 1. The SMILES string of the molecule is COC(=O)c1sccc1NC(=S)Nc1ccccc1C. The second-order valence-electron chi connectivity index (χ2n) is 4.05. The lowest BCUT2D eigenvalue weighted by Crippen LogP contribution is -2.20. The van der Waals surface area contributed by atoms with Crippen LogP contribution in [0.1, 0.15) is 15.2 Å². The fourth-order valence-corrected chi connectivity index (χ4v) is 2.63. The second kappa shape index (κ2) is 6.49. The molecule has 6 heteroatoms. The molecule has 0 saturated heterocycles. The summed E-state index contributed by atoms with van der Waals surface area (Å²) in [6, 6.07) is 9.63. The van der Waals surface area contributed by atoms with Gasteiger partial charge in [0, 0.05) is 5.69 Å². The minimum Gasteiger partial charge on any atom is -0.465 e. The summed E-state index contributed by atoms with van der Waals surface area (Å²) in [6.45, 7) is 2.00. The van der Waals surface area contributed by atoms with Crippen LogP contribution in [0.5, 0.6) is 0 Å². The molecule has 2 rings (SSSR count). The number of esters is 1. The molecule has 0 saturated carbocycles. The number of benzene rings is 1. The highest BCUT2D eigenvalue weighted by atomic mass is 32.1. The zero-order chi connectivity index (χ0) is 14.5. The molecule has 104 valence electrons. The van der Waals surface area contributed by atoms with Crippen molar-refractivity contribution in [1.82, 2.24) is 0 Å². The average Bonchev–Trinajstić information content (AvgIpc) is 2.88. The van der Waals surface area contributed by atoms with Crippen molar-refractivity contribution in [3.05, 3.63) is 46.2 Å². The van der Waals surface area contributed by atoms with Crippen LogP contribution in [0, 0.1) is 6.92 Å². The fraction of sp³-hybridized carbons (Fsp3) is 0.143. The third-order valence-electron chi connectivity index (χ3n) is 2.68. The number of rotatable bonds is 3. The Hall–Kier alpha value is -1.92. The highest BCUT2D eigenvalue weighted by Gasteiger charge is 2.14. The number of aryl methyl sites for hydroxylation is 1. The third kappa shape index (κ3) is 3.34. The smallest absolute Gasteiger partial charge is 0.350 e. The van der Waals surface area contributed by atoms with Gasteiger partial charge >= 0.3 is 5.97 Å². The maximum absolute atomic E-state index is 11.6. The van der Waals surface area contributed by atoms with Gasteiger partial charge in [0.2, 0.25) is 0 Å². The number of carbonyl (C=O) groups excluding carboxylic acids is 1. The molecule has 0 aliphatic carbocycles. The van der Waals surface area contributed by atoms with E-state index in [1.807, 2.05) is 36.6 Å². The van der Waals surface area contributed by atoms with E-state index in [2.05, 4.69) is 10.6 Å². The van der Waals surface area contributed by atoms with Gasteiger partial charge in [-0.3, -0.25) is 0 Å². The van der Waals surface area contributed by atoms with Crippen molar-refractivity contribution < 1.29 is 9.53 Å². The topological polar surface area (TPSA) is 50.4 Å². The lowest BCUT2D eigenvalue weighted by Gasteiger charge is -2.12. The Morgan fingerprint density at radius 3 is 2.60 bits per heavy atom. The van der Waals surface area contributed by atoms with Crippen LogP contribution in [0.25, 0.3) is 0 Å². The number of thiocarbonyl (C=S) groups is 1. The number of methoxy groups -OCH3 is 1. The molecule has 1 heterocycles. The molecule has 0 aliphatic rings. The molecule has 0 atom stereocenters. The van der Waals surface area contributed by atoms with Crippen LogP contribution in [-0.4, -0.2) is 18.2 Å². The molecule has 0 bridgehead atoms. The number of hydrogen-bond donors (Lipinski definition) is 2. The highest BCUT2D eigenvalue weighted by molar-refractivity contribution is 7.80. The van der Waals surface area contributed by atoms with Crippen LogP contribution in [-0.2, 0) is 4.74 Å². The van der Waals surface area contributed by atoms with Crippen molar-refractivity contribution in [2.75, 3.05) is 17.7 Å². The fourth-order valence-electron chi connectivity index (χ4n) is 1.65. The largest absolute Gasteiger partial charge is 0.465 e. The van der Waals surface area contributed by atoms with Crippen molar-refractivity contribution in [1.29, 1.82) is 0 Å². The number of para-hydroxylation sites is 1. The molecule has 2 N–H and O–H groups in total. The first kappa shape index (κ1) is 14.5. The van der Waals surface area contributed by atoms with E-state index >= 15 is 0 Å². The predicted molar refractivity (Wildman–Crippen MR) is 86.7 cm³/mol. The van der Waals surface area contributed by atoms with Crippen molar-refractivity contribution in [2.45, 2.75) is 6.92 Å². The van der Waals surface area contributed by atoms with Gasteiger partial charge in [0.05, 0.1) is 12.8 Å². The summed E-state index contributed by atoms with van der Waals surface area (Å²) in [5.41, 5.74) is 2.67. The van der Waals surface area contributed by atoms with E-state index in [1.54, 1.807) is 6.07 Å². The van der Waals surface area contributed by atoms with Crippen LogP contribution < -0.4 is 10.6 Å². The van der Waals surface area contributed by atoms with E-state index in [-0.39, 0.29) is 5.97 Å². The Labute approximate surface area is 126 Å². The molecule has 0 fully saturated rings. The first-order valence-electron chi connectivity index (χ1n) is 5.91. The summed E-state index contributed by atoms with van der Waals surface area (Å²) >= 11 is 6.57. The zero-order valence-corrected chi connectivity index (χ0v) is 12.7. The Balaban J connectivity index is 2.08. The van der Waals surface area contributed by atoms with Crippen molar-refractivity contribution in [3.63, 3.8) is 0 Å². The van der Waals surface area contributed by atoms with Crippen LogP contribution in [0.2, 0.25) is 0 Å². The van der Waals surface area contributed by atoms with Gasteiger partial charge in [-0.25, -0.2) is 4.79 Å². The Kier molecular flexibility index (Phi) is 4.70. The molecule has 1 aromatic carbocycles. The molecule has 0 unspecified atom stereocenters. The molecular weight excluding hydrogens is 292 g/mol. The van der Waals surface area contributed by atoms with Crippen molar-refractivity contribution in [2.24, 2.45) is 0 Å². The first-order chi connectivity index (χ1) is 9.61. The molecule has 2 aromatic rings. The second-order valence-corrected chi connectivity index (χ2v) is 5.37. The molecule has 0 spiro atoms. The van der Waals surface area contributed by atoms with Crippen LogP contribution >= 0.6 is 23.6 Å². The van der Waals surface area contributed by atoms with E-state index in [0.29, 0.717) is 15.7 Å². The molecule has 1 aromatic heterocycles. The molecule has 0 amide bonds. The average molecular weight is 306 g/mol. The summed E-state index contributed by atoms with van der Waals surface area (Å²) in [7, 11) is 1.36. The number of ether oxygens (including phenoxy) is 1. The number of anilines is 2. The van der Waals surface area contributed by atoms with Gasteiger partial charge in [-0.2, -0.15) is 0 Å². The Morgan fingerprint density at radius 1 is 1.20 bits per heavy atom. The van der Waals surface area contributed by atoms with Gasteiger partial charge in [-0.1, -0.05) is 18.2 Å². The summed E-state index contributed by atoms with van der Waals surface area (Å²) in [6.07, 6.45) is 0. The summed E-state index contributed by atoms with van der Waals surface area (Å²) < 4.78 is 4.72. The van der Waals surface area contributed by atoms with Gasteiger partial charge in [0.1, 0.15) is 4.88 Å². The number of thiophene rings is 1. The van der Waals surface area contributed by atoms with Crippen molar-refractivity contribution >= 4 is 46.0 Å². The third-order valence-corrected chi connectivity index (χ3v) is 3.78. The maximum atomic E-state index is 11.6. The maximum Gasteiger partial charge on any atom is 0.350 e. The number of nitrogens with one attached hydrogen (secondary N) is 2. The van der Waals surface area contributed by atoms with Gasteiger partial charge in [-0.05, 0) is 42.2 Å². The zero-order valence-electron chi connectivity index (χ0n) is 11.1. The van der Waals surface area contributed by atoms with Gasteiger partial charge < -0.3 is 15.4 Å². The van der Waals surface area contributed by atoms with Gasteiger partial charge in [-0.15, -0.1) is 11.3 Å². The van der Waals surface area contributed by atoms with E-state index in [4.69, 9.17) is 17.0 Å². The van der Waals surface area contributed by atoms with Crippen LogP contribution in [0.4, 0.5) is 11.4 Å². The molecule has 4 nitrogen and oxygen atoms in total. The first-order valence-corrected chi connectivity index (χ1v) is 7.20. The summed E-state index contributed by atoms with van der Waals surface area (Å²) in [5.74, 6) is -0.374. The summed E-state index contributed by atoms with van der Waals surface area (Å²) in [4.78, 5) is 12.1. The monoisotopic (exact) mass is 306 g/mol. The Bertz CT molecular complexity index is 638. The van der Waals surface area contributed by atoms with E-state index in [1.165, 1.54) is 18.4 Å². The number of hydrogen-bond acceptors (Lipinski definition) is 4. The predicted octanol–water partition coefficient (Wildman–Crippen LogP) is 3.65. The summed E-state index contributed by atoms with van der Waals surface area (Å²) in [5, 5.41) is 8.36. The quantitative estimate of drug-likeness (QED) is 0.669. The van der Waals surface area contributed by atoms with E-state index in [9.17, 15) is 4.79 Å². The lowest BCUT2D eigenvalue weighted by atomic mass is 10.2. The van der Waals surface area contributed by atoms with Crippen LogP contribution in [0.15, 0.2) is 35.7 Å². The standard InChI is InChI=1S/C14H14N2O2S2/c1-9-5-3-4-6-10(9)15-14(19)16-11-7-8-20-12(11)13(17)18-2/h3-8H,1-2H3,(H2,15,16,19). The van der Waals surface area contributed by atoms with E-state index < -0.39 is 0 Å². The molecular formula is C14H14N2O2S2. The van der Waals surface area contributed by atoms with Crippen LogP contribution in [0.3, 0.4) is 0 Å². The van der Waals surface area contributed by atoms with E-state index in [0.717, 1.165) is 11.3 Å². The highest BCUT2D eigenvalue weighted by Crippen LogP contribution is 2.23. The lowest BCUT2D eigenvalue weighted by molar-refractivity contribution is 0.0607. The minimum absolute atomic E-state index is 0.374. The molecule has 20 heavy (non-hydrogen) atoms. The van der Waals surface area contributed by atoms with Gasteiger partial charge in [0.25, 0.3) is 0 Å². The van der Waals surface area contributed by atoms with Gasteiger partial charge in [0.15, 0.2) is 5.11 Å². The minimum atomic E-state index is -0.374. The Morgan fingerprint density at radius 2 is 1.90 bits per heavy atom. The normalized spacial score (nSPS) is 9.90. The molecule has 0 aliphatic heterocycles. The van der Waals surface area contributed by atoms with Crippen molar-refractivity contribution in [3.8, 4) is 0 Å².